The number of anilines is 1. The van der Waals surface area contributed by atoms with Gasteiger partial charge in [0.1, 0.15) is 10.8 Å². The van der Waals surface area contributed by atoms with E-state index in [2.05, 4.69) is 10.3 Å². The van der Waals surface area contributed by atoms with Gasteiger partial charge in [-0.15, -0.1) is 0 Å². The van der Waals surface area contributed by atoms with E-state index in [9.17, 15) is 0 Å². The Morgan fingerprint density at radius 3 is 3.00 bits per heavy atom. The number of hydrogen-bond donors (Lipinski definition) is 2. The first-order chi connectivity index (χ1) is 10.2. The molecule has 5 heteroatoms. The van der Waals surface area contributed by atoms with Crippen molar-refractivity contribution in [1.82, 2.24) is 4.98 Å². The summed E-state index contributed by atoms with van der Waals surface area (Å²) in [4.78, 5) is 5.01. The van der Waals surface area contributed by atoms with Gasteiger partial charge in [0.15, 0.2) is 0 Å². The Morgan fingerprint density at radius 2 is 2.24 bits per heavy atom. The standard InChI is InChI=1S/C16H19N3OS/c17-15(21)13-9-11-5-1-2-7-14(11)19-16(13)18-10-12-6-3-4-8-20-12/h1-2,5,7,9,12H,3-4,6,8,10H2,(H2,17,21)(H,18,19). The molecule has 1 aliphatic heterocycles. The molecule has 2 aromatic rings. The molecule has 0 radical (unpaired) electrons. The summed E-state index contributed by atoms with van der Waals surface area (Å²) in [6.07, 6.45) is 3.71. The van der Waals surface area contributed by atoms with Crippen molar-refractivity contribution in [3.8, 4) is 0 Å². The van der Waals surface area contributed by atoms with Crippen LogP contribution < -0.4 is 11.1 Å². The lowest BCUT2D eigenvalue weighted by atomic mass is 10.1. The second kappa shape index (κ2) is 6.37. The molecule has 1 unspecified atom stereocenters. The van der Waals surface area contributed by atoms with E-state index in [0.29, 0.717) is 4.99 Å². The molecule has 21 heavy (non-hydrogen) atoms. The molecule has 2 heterocycles. The van der Waals surface area contributed by atoms with Crippen LogP contribution in [0, 0.1) is 0 Å². The number of para-hydroxylation sites is 1. The summed E-state index contributed by atoms with van der Waals surface area (Å²) in [5.41, 5.74) is 7.56. The predicted molar refractivity (Wildman–Crippen MR) is 89.7 cm³/mol. The van der Waals surface area contributed by atoms with Crippen LogP contribution in [-0.4, -0.2) is 29.2 Å². The molecule has 1 saturated heterocycles. The number of rotatable bonds is 4. The summed E-state index contributed by atoms with van der Waals surface area (Å²) in [6, 6.07) is 9.95. The van der Waals surface area contributed by atoms with Gasteiger partial charge in [-0.25, -0.2) is 4.98 Å². The molecule has 1 aromatic carbocycles. The maximum Gasteiger partial charge on any atom is 0.137 e. The third-order valence-corrected chi connectivity index (χ3v) is 3.98. The van der Waals surface area contributed by atoms with Crippen LogP contribution in [0.1, 0.15) is 24.8 Å². The molecular weight excluding hydrogens is 282 g/mol. The van der Waals surface area contributed by atoms with Gasteiger partial charge in [0, 0.05) is 18.5 Å². The molecule has 3 N–H and O–H groups in total. The van der Waals surface area contributed by atoms with Crippen LogP contribution in [0.25, 0.3) is 10.9 Å². The van der Waals surface area contributed by atoms with Crippen molar-refractivity contribution in [2.75, 3.05) is 18.5 Å². The number of thiocarbonyl (C=S) groups is 1. The number of ether oxygens (including phenoxy) is 1. The Morgan fingerprint density at radius 1 is 1.38 bits per heavy atom. The highest BCUT2D eigenvalue weighted by molar-refractivity contribution is 7.80. The topological polar surface area (TPSA) is 60.2 Å². The van der Waals surface area contributed by atoms with Crippen LogP contribution in [0.15, 0.2) is 30.3 Å². The summed E-state index contributed by atoms with van der Waals surface area (Å²) in [5.74, 6) is 0.746. The van der Waals surface area contributed by atoms with Gasteiger partial charge in [-0.2, -0.15) is 0 Å². The first-order valence-corrected chi connectivity index (χ1v) is 7.70. The fourth-order valence-corrected chi connectivity index (χ4v) is 2.77. The maximum absolute atomic E-state index is 5.83. The number of aromatic nitrogens is 1. The highest BCUT2D eigenvalue weighted by Gasteiger charge is 2.15. The fraction of sp³-hybridized carbons (Fsp3) is 0.375. The lowest BCUT2D eigenvalue weighted by Gasteiger charge is -2.23. The Balaban J connectivity index is 1.84. The SMILES string of the molecule is NC(=S)c1cc2ccccc2nc1NCC1CCCCO1. The minimum atomic E-state index is 0.242. The van der Waals surface area contributed by atoms with Gasteiger partial charge >= 0.3 is 0 Å². The maximum atomic E-state index is 5.83. The van der Waals surface area contributed by atoms with Gasteiger partial charge in [0.25, 0.3) is 0 Å². The number of fused-ring (bicyclic) bond motifs is 1. The smallest absolute Gasteiger partial charge is 0.137 e. The van der Waals surface area contributed by atoms with Crippen molar-refractivity contribution in [2.45, 2.75) is 25.4 Å². The van der Waals surface area contributed by atoms with E-state index < -0.39 is 0 Å². The van der Waals surface area contributed by atoms with E-state index >= 15 is 0 Å². The minimum Gasteiger partial charge on any atom is -0.389 e. The van der Waals surface area contributed by atoms with Crippen LogP contribution in [0.3, 0.4) is 0 Å². The van der Waals surface area contributed by atoms with Gasteiger partial charge in [-0.05, 0) is 31.4 Å². The summed E-state index contributed by atoms with van der Waals surface area (Å²) in [7, 11) is 0. The van der Waals surface area contributed by atoms with E-state index in [4.69, 9.17) is 22.7 Å². The summed E-state index contributed by atoms with van der Waals surface area (Å²) >= 11 is 5.15. The van der Waals surface area contributed by atoms with Crippen molar-refractivity contribution < 1.29 is 4.74 Å². The first kappa shape index (κ1) is 14.2. The molecule has 1 aromatic heterocycles. The van der Waals surface area contributed by atoms with Crippen LogP contribution in [-0.2, 0) is 4.74 Å². The molecule has 4 nitrogen and oxygen atoms in total. The van der Waals surface area contributed by atoms with Crippen LogP contribution >= 0.6 is 12.2 Å². The minimum absolute atomic E-state index is 0.242. The summed E-state index contributed by atoms with van der Waals surface area (Å²) in [5, 5.41) is 4.39. The van der Waals surface area contributed by atoms with Crippen molar-refractivity contribution >= 4 is 33.9 Å². The van der Waals surface area contributed by atoms with E-state index in [1.165, 1.54) is 6.42 Å². The summed E-state index contributed by atoms with van der Waals surface area (Å²) in [6.45, 7) is 1.58. The van der Waals surface area contributed by atoms with Crippen LogP contribution in [0.5, 0.6) is 0 Å². The number of pyridine rings is 1. The van der Waals surface area contributed by atoms with Gasteiger partial charge < -0.3 is 15.8 Å². The van der Waals surface area contributed by atoms with Gasteiger partial charge in [0.05, 0.1) is 17.2 Å². The molecule has 1 aliphatic rings. The number of nitrogens with one attached hydrogen (secondary N) is 1. The van der Waals surface area contributed by atoms with Crippen molar-refractivity contribution in [3.05, 3.63) is 35.9 Å². The number of benzene rings is 1. The molecule has 1 atom stereocenters. The molecule has 1 fully saturated rings. The molecule has 0 aliphatic carbocycles. The Bertz CT molecular complexity index is 653. The van der Waals surface area contributed by atoms with Gasteiger partial charge in [-0.3, -0.25) is 0 Å². The Kier molecular flexibility index (Phi) is 4.31. The predicted octanol–water partition coefficient (Wildman–Crippen LogP) is 2.85. The second-order valence-corrected chi connectivity index (χ2v) is 5.75. The zero-order chi connectivity index (χ0) is 14.7. The van der Waals surface area contributed by atoms with Crippen molar-refractivity contribution in [2.24, 2.45) is 5.73 Å². The number of nitrogens with two attached hydrogens (primary N) is 1. The van der Waals surface area contributed by atoms with Gasteiger partial charge in [0.2, 0.25) is 0 Å². The highest BCUT2D eigenvalue weighted by atomic mass is 32.1. The number of nitrogens with zero attached hydrogens (tertiary/aromatic N) is 1. The molecule has 0 amide bonds. The van der Waals surface area contributed by atoms with E-state index in [1.54, 1.807) is 0 Å². The van der Waals surface area contributed by atoms with Crippen molar-refractivity contribution in [1.29, 1.82) is 0 Å². The Hall–Kier alpha value is -1.72. The molecular formula is C16H19N3OS. The van der Waals surface area contributed by atoms with E-state index in [-0.39, 0.29) is 6.10 Å². The highest BCUT2D eigenvalue weighted by Crippen LogP contribution is 2.21. The molecule has 110 valence electrons. The van der Waals surface area contributed by atoms with Crippen LogP contribution in [0.2, 0.25) is 0 Å². The molecule has 3 rings (SSSR count). The van der Waals surface area contributed by atoms with E-state index in [0.717, 1.165) is 48.3 Å². The molecule has 0 saturated carbocycles. The second-order valence-electron chi connectivity index (χ2n) is 5.31. The van der Waals surface area contributed by atoms with Crippen molar-refractivity contribution in [3.63, 3.8) is 0 Å². The average Bonchev–Trinajstić information content (AvgIpc) is 2.53. The monoisotopic (exact) mass is 301 g/mol. The Labute approximate surface area is 129 Å². The van der Waals surface area contributed by atoms with E-state index in [1.807, 2.05) is 30.3 Å². The van der Waals surface area contributed by atoms with Crippen LogP contribution in [0.4, 0.5) is 5.82 Å². The average molecular weight is 301 g/mol. The lowest BCUT2D eigenvalue weighted by Crippen LogP contribution is -2.28. The normalized spacial score (nSPS) is 18.6. The third-order valence-electron chi connectivity index (χ3n) is 3.76. The first-order valence-electron chi connectivity index (χ1n) is 7.29. The number of hydrogen-bond acceptors (Lipinski definition) is 4. The molecule has 0 spiro atoms. The lowest BCUT2D eigenvalue weighted by molar-refractivity contribution is 0.0247. The fourth-order valence-electron chi connectivity index (χ4n) is 2.62. The zero-order valence-electron chi connectivity index (χ0n) is 11.8. The quantitative estimate of drug-likeness (QED) is 0.850. The largest absolute Gasteiger partial charge is 0.389 e. The zero-order valence-corrected chi connectivity index (χ0v) is 12.7. The molecule has 0 bridgehead atoms. The third kappa shape index (κ3) is 3.31. The summed E-state index contributed by atoms with van der Waals surface area (Å²) < 4.78 is 5.73. The van der Waals surface area contributed by atoms with Gasteiger partial charge in [-0.1, -0.05) is 30.4 Å².